The molecule has 0 saturated heterocycles. The molecule has 7 nitrogen and oxygen atoms in total. The average Bonchev–Trinajstić information content (AvgIpc) is 2.56. The zero-order valence-corrected chi connectivity index (χ0v) is 17.5. The summed E-state index contributed by atoms with van der Waals surface area (Å²) in [5.74, 6) is -0.862. The Balaban J connectivity index is 0.00000338. The maximum atomic E-state index is 12.0. The molecule has 0 aliphatic heterocycles. The summed E-state index contributed by atoms with van der Waals surface area (Å²) in [5.41, 5.74) is 0.0738. The quantitative estimate of drug-likeness (QED) is 0.472. The Hall–Kier alpha value is -1.58. The second-order valence-electron chi connectivity index (χ2n) is 5.40. The van der Waals surface area contributed by atoms with Gasteiger partial charge in [-0.1, -0.05) is 31.5 Å². The van der Waals surface area contributed by atoms with Crippen LogP contribution in [0.25, 0.3) is 0 Å². The first kappa shape index (κ1) is 22.5. The average molecular weight is 389 g/mol. The van der Waals surface area contributed by atoms with Gasteiger partial charge in [-0.15, -0.1) is 0 Å². The molecule has 0 aliphatic carbocycles. The number of nitrogens with two attached hydrogens (primary N) is 1. The summed E-state index contributed by atoms with van der Waals surface area (Å²) in [4.78, 5) is 10.9. The van der Waals surface area contributed by atoms with Crippen molar-refractivity contribution in [3.63, 3.8) is 0 Å². The summed E-state index contributed by atoms with van der Waals surface area (Å²) in [5, 5.41) is 17.6. The number of anilines is 1. The number of hydrogen-bond donors (Lipinski definition) is 3. The Kier molecular flexibility index (Phi) is 8.58. The summed E-state index contributed by atoms with van der Waals surface area (Å²) in [6.07, 6.45) is 1.75. The van der Waals surface area contributed by atoms with Crippen LogP contribution in [0.5, 0.6) is 11.5 Å². The predicted octanol–water partition coefficient (Wildman–Crippen LogP) is 2.90. The third kappa shape index (κ3) is 6.00. The van der Waals surface area contributed by atoms with Crippen LogP contribution in [0.4, 0.5) is 5.69 Å². The van der Waals surface area contributed by atoms with Crippen molar-refractivity contribution in [2.45, 2.75) is 24.7 Å². The van der Waals surface area contributed by atoms with Gasteiger partial charge in [0.05, 0.1) is 11.3 Å². The molecule has 0 aromatic heterocycles. The van der Waals surface area contributed by atoms with Crippen LogP contribution in [0, 0.1) is 0 Å². The van der Waals surface area contributed by atoms with Crippen LogP contribution in [-0.2, 0) is 10.0 Å². The number of ether oxygens (including phenoxy) is 1. The van der Waals surface area contributed by atoms with E-state index in [1.807, 2.05) is 6.92 Å². The van der Waals surface area contributed by atoms with E-state index in [-0.39, 0.29) is 52.9 Å². The molecule has 137 valence electrons. The molecule has 0 bridgehead atoms. The Bertz CT molecular complexity index is 863. The van der Waals surface area contributed by atoms with E-state index in [0.717, 1.165) is 18.9 Å². The summed E-state index contributed by atoms with van der Waals surface area (Å²) < 4.78 is 29.7. The van der Waals surface area contributed by atoms with Crippen molar-refractivity contribution in [1.29, 1.82) is 0 Å². The molecular weight excluding hydrogens is 367 g/mol. The third-order valence-corrected chi connectivity index (χ3v) is 4.33. The van der Waals surface area contributed by atoms with Crippen LogP contribution in [0.3, 0.4) is 0 Å². The van der Waals surface area contributed by atoms with E-state index in [9.17, 15) is 18.3 Å². The van der Waals surface area contributed by atoms with Crippen molar-refractivity contribution in [1.82, 2.24) is 0 Å². The van der Waals surface area contributed by atoms with Crippen LogP contribution >= 0.6 is 0 Å². The molecule has 0 spiro atoms. The number of rotatable bonds is 8. The fraction of sp³-hybridized carbons (Fsp3) is 0.235. The van der Waals surface area contributed by atoms with Crippen molar-refractivity contribution in [3.8, 4) is 11.5 Å². The first-order chi connectivity index (χ1) is 11.8. The summed E-state index contributed by atoms with van der Waals surface area (Å²) in [6, 6.07) is 10.9. The van der Waals surface area contributed by atoms with Gasteiger partial charge in [0.1, 0.15) is 10.6 Å². The number of unbranched alkanes of at least 4 members (excludes halogenated alkanes) is 1. The van der Waals surface area contributed by atoms with E-state index in [4.69, 9.17) is 9.88 Å². The number of primary sulfonamides is 1. The zero-order chi connectivity index (χ0) is 18.4. The number of nitrogens with one attached hydrogen (secondary N) is 1. The number of carboxylic acids is 1. The molecule has 0 saturated carbocycles. The fourth-order valence-corrected chi connectivity index (χ4v) is 2.88. The van der Waals surface area contributed by atoms with Crippen molar-refractivity contribution in [3.05, 3.63) is 48.0 Å². The smallest absolute Gasteiger partial charge is 0.335 e. The molecule has 2 rings (SSSR count). The van der Waals surface area contributed by atoms with Crippen molar-refractivity contribution >= 4 is 51.2 Å². The van der Waals surface area contributed by atoms with Gasteiger partial charge in [0.25, 0.3) is 0 Å². The van der Waals surface area contributed by atoms with Gasteiger partial charge >= 0.3 is 5.97 Å². The molecule has 4 N–H and O–H groups in total. The number of carbonyl (C=O) groups is 1. The van der Waals surface area contributed by atoms with Gasteiger partial charge in [-0.05, 0) is 30.7 Å². The number of benzene rings is 2. The van der Waals surface area contributed by atoms with E-state index in [0.29, 0.717) is 12.3 Å². The molecule has 2 aromatic rings. The molecular formula is C17H22N2NaO5S. The van der Waals surface area contributed by atoms with Crippen molar-refractivity contribution < 1.29 is 24.5 Å². The Morgan fingerprint density at radius 3 is 2.46 bits per heavy atom. The monoisotopic (exact) mass is 389 g/mol. The second kappa shape index (κ2) is 9.94. The molecule has 0 aliphatic rings. The van der Waals surface area contributed by atoms with Gasteiger partial charge in [0.2, 0.25) is 10.0 Å². The van der Waals surface area contributed by atoms with Gasteiger partial charge in [-0.2, -0.15) is 0 Å². The number of para-hydroxylation sites is 1. The van der Waals surface area contributed by atoms with Gasteiger partial charge in [0.15, 0.2) is 5.75 Å². The van der Waals surface area contributed by atoms with E-state index < -0.39 is 16.0 Å². The molecule has 26 heavy (non-hydrogen) atoms. The number of carboxylic acid groups (broad SMARTS) is 1. The SMILES string of the molecule is CCCCNc1cc(C(=O)O)cc(S(N)(=O)=O)c1Oc1ccccc1.[HH].[Na]. The molecule has 1 radical (unpaired) electrons. The molecule has 0 fully saturated rings. The molecule has 9 heteroatoms. The van der Waals surface area contributed by atoms with E-state index in [1.54, 1.807) is 30.3 Å². The second-order valence-corrected chi connectivity index (χ2v) is 6.93. The minimum atomic E-state index is -4.19. The first-order valence-electron chi connectivity index (χ1n) is 7.74. The fourth-order valence-electron chi connectivity index (χ4n) is 2.18. The normalized spacial score (nSPS) is 10.7. The topological polar surface area (TPSA) is 119 Å². The van der Waals surface area contributed by atoms with Gasteiger partial charge in [0, 0.05) is 37.5 Å². The maximum absolute atomic E-state index is 12.0. The van der Waals surface area contributed by atoms with Crippen LogP contribution in [0.2, 0.25) is 0 Å². The molecule has 0 heterocycles. The summed E-state index contributed by atoms with van der Waals surface area (Å²) in [6.45, 7) is 2.54. The van der Waals surface area contributed by atoms with Crippen LogP contribution in [0.1, 0.15) is 31.6 Å². The first-order valence-corrected chi connectivity index (χ1v) is 9.28. The minimum Gasteiger partial charge on any atom is -0.478 e. The largest absolute Gasteiger partial charge is 0.478 e. The Morgan fingerprint density at radius 2 is 1.92 bits per heavy atom. The standard InChI is InChI=1S/C17H20N2O5S.Na.H2/c1-2-3-9-19-14-10-12(17(20)21)11-15(25(18,22)23)16(14)24-13-7-5-4-6-8-13;;/h4-8,10-11,19H,2-3,9H2,1H3,(H,20,21)(H2,18,22,23);;1H. The number of hydrogen-bond acceptors (Lipinski definition) is 5. The van der Waals surface area contributed by atoms with E-state index >= 15 is 0 Å². The van der Waals surface area contributed by atoms with Gasteiger partial charge < -0.3 is 15.2 Å². The van der Waals surface area contributed by atoms with Gasteiger partial charge in [-0.3, -0.25) is 0 Å². The summed E-state index contributed by atoms with van der Waals surface area (Å²) in [7, 11) is -4.19. The molecule has 2 aromatic carbocycles. The van der Waals surface area contributed by atoms with Crippen LogP contribution in [-0.4, -0.2) is 55.6 Å². The molecule has 0 atom stereocenters. The molecule has 0 unspecified atom stereocenters. The van der Waals surface area contributed by atoms with Crippen molar-refractivity contribution in [2.24, 2.45) is 5.14 Å². The summed E-state index contributed by atoms with van der Waals surface area (Å²) >= 11 is 0. The third-order valence-electron chi connectivity index (χ3n) is 3.42. The number of sulfonamides is 1. The van der Waals surface area contributed by atoms with Crippen LogP contribution in [0.15, 0.2) is 47.4 Å². The van der Waals surface area contributed by atoms with E-state index in [2.05, 4.69) is 5.32 Å². The Labute approximate surface area is 176 Å². The zero-order valence-electron chi connectivity index (χ0n) is 14.7. The minimum absolute atomic E-state index is 0. The number of aromatic carboxylic acids is 1. The molecule has 0 amide bonds. The maximum Gasteiger partial charge on any atom is 0.335 e. The predicted molar refractivity (Wildman–Crippen MR) is 103 cm³/mol. The van der Waals surface area contributed by atoms with E-state index in [1.165, 1.54) is 6.07 Å². The van der Waals surface area contributed by atoms with Crippen molar-refractivity contribution in [2.75, 3.05) is 11.9 Å². The Morgan fingerprint density at radius 1 is 1.27 bits per heavy atom. The van der Waals surface area contributed by atoms with Crippen LogP contribution < -0.4 is 15.2 Å². The van der Waals surface area contributed by atoms with Gasteiger partial charge in [-0.25, -0.2) is 18.4 Å².